The lowest BCUT2D eigenvalue weighted by molar-refractivity contribution is -0.137. The molecule has 0 fully saturated rings. The SMILES string of the molecule is CC1(C)c2ccccc2-c2ccc(-c3ccc4c(-c5ccc(C(F)(F)F)cc5)c5ccccc5c(-c5cccc6c5-c5ccccc5C6(C)C)c4c3)cc21. The van der Waals surface area contributed by atoms with Crippen LogP contribution in [0.5, 0.6) is 0 Å². The molecule has 0 saturated carbocycles. The first kappa shape index (κ1) is 32.7. The summed E-state index contributed by atoms with van der Waals surface area (Å²) < 4.78 is 41.3. The number of halogens is 3. The van der Waals surface area contributed by atoms with Gasteiger partial charge in [0.25, 0.3) is 0 Å². The van der Waals surface area contributed by atoms with Crippen molar-refractivity contribution in [2.24, 2.45) is 0 Å². The molecule has 10 rings (SSSR count). The molecule has 0 saturated heterocycles. The molecule has 54 heavy (non-hydrogen) atoms. The van der Waals surface area contributed by atoms with Crippen LogP contribution in [0.4, 0.5) is 13.2 Å². The molecule has 8 aromatic rings. The van der Waals surface area contributed by atoms with E-state index in [4.69, 9.17) is 0 Å². The predicted octanol–water partition coefficient (Wildman–Crippen LogP) is 14.6. The average molecular weight is 707 g/mol. The molecule has 0 nitrogen and oxygen atoms in total. The summed E-state index contributed by atoms with van der Waals surface area (Å²) in [6.07, 6.45) is -4.41. The van der Waals surface area contributed by atoms with Gasteiger partial charge in [0.15, 0.2) is 0 Å². The van der Waals surface area contributed by atoms with E-state index in [0.29, 0.717) is 0 Å². The van der Waals surface area contributed by atoms with E-state index in [2.05, 4.69) is 149 Å². The molecule has 0 radical (unpaired) electrons. The fourth-order valence-corrected chi connectivity index (χ4v) is 9.63. The van der Waals surface area contributed by atoms with Gasteiger partial charge in [-0.15, -0.1) is 0 Å². The highest BCUT2D eigenvalue weighted by Gasteiger charge is 2.38. The van der Waals surface area contributed by atoms with Crippen LogP contribution in [-0.4, -0.2) is 0 Å². The lowest BCUT2D eigenvalue weighted by Crippen LogP contribution is -2.14. The summed E-state index contributed by atoms with van der Waals surface area (Å²) in [5.41, 5.74) is 15.6. The maximum absolute atomic E-state index is 13.8. The Morgan fingerprint density at radius 2 is 0.852 bits per heavy atom. The lowest BCUT2D eigenvalue weighted by atomic mass is 9.80. The summed E-state index contributed by atoms with van der Waals surface area (Å²) in [5, 5.41) is 4.15. The van der Waals surface area contributed by atoms with Gasteiger partial charge in [0.1, 0.15) is 0 Å². The molecular formula is C51H37F3. The van der Waals surface area contributed by atoms with Crippen molar-refractivity contribution in [3.8, 4) is 55.6 Å². The fourth-order valence-electron chi connectivity index (χ4n) is 9.63. The van der Waals surface area contributed by atoms with E-state index in [-0.39, 0.29) is 10.8 Å². The number of fused-ring (bicyclic) bond motifs is 8. The zero-order valence-electron chi connectivity index (χ0n) is 30.6. The topological polar surface area (TPSA) is 0 Å². The minimum Gasteiger partial charge on any atom is -0.166 e. The second-order valence-electron chi connectivity index (χ2n) is 16.0. The van der Waals surface area contributed by atoms with E-state index in [9.17, 15) is 13.2 Å². The predicted molar refractivity (Wildman–Crippen MR) is 218 cm³/mol. The van der Waals surface area contributed by atoms with Crippen molar-refractivity contribution in [1.82, 2.24) is 0 Å². The number of hydrogen-bond acceptors (Lipinski definition) is 0. The van der Waals surface area contributed by atoms with Gasteiger partial charge in [-0.2, -0.15) is 13.2 Å². The van der Waals surface area contributed by atoms with Crippen LogP contribution in [0.15, 0.2) is 152 Å². The molecular weight excluding hydrogens is 670 g/mol. The van der Waals surface area contributed by atoms with Crippen LogP contribution in [-0.2, 0) is 17.0 Å². The molecule has 0 N–H and O–H groups in total. The molecule has 262 valence electrons. The van der Waals surface area contributed by atoms with E-state index < -0.39 is 11.7 Å². The smallest absolute Gasteiger partial charge is 0.166 e. The van der Waals surface area contributed by atoms with Crippen LogP contribution >= 0.6 is 0 Å². The molecule has 0 aromatic heterocycles. The third kappa shape index (κ3) is 4.57. The maximum Gasteiger partial charge on any atom is 0.416 e. The summed E-state index contributed by atoms with van der Waals surface area (Å²) in [5.74, 6) is 0. The molecule has 3 heteroatoms. The van der Waals surface area contributed by atoms with E-state index in [1.165, 1.54) is 56.6 Å². The molecule has 0 aliphatic heterocycles. The maximum atomic E-state index is 13.8. The van der Waals surface area contributed by atoms with E-state index in [0.717, 1.165) is 54.9 Å². The van der Waals surface area contributed by atoms with Gasteiger partial charge in [0.2, 0.25) is 0 Å². The van der Waals surface area contributed by atoms with Gasteiger partial charge in [0, 0.05) is 10.8 Å². The first-order valence-electron chi connectivity index (χ1n) is 18.6. The van der Waals surface area contributed by atoms with Crippen LogP contribution < -0.4 is 0 Å². The van der Waals surface area contributed by atoms with Crippen molar-refractivity contribution in [1.29, 1.82) is 0 Å². The van der Waals surface area contributed by atoms with Crippen molar-refractivity contribution in [3.05, 3.63) is 179 Å². The van der Waals surface area contributed by atoms with Crippen LogP contribution in [0.2, 0.25) is 0 Å². The molecule has 0 atom stereocenters. The average Bonchev–Trinajstić information content (AvgIpc) is 3.56. The van der Waals surface area contributed by atoms with Gasteiger partial charge in [-0.25, -0.2) is 0 Å². The molecule has 8 aromatic carbocycles. The first-order valence-corrected chi connectivity index (χ1v) is 18.6. The van der Waals surface area contributed by atoms with E-state index >= 15 is 0 Å². The normalized spacial score (nSPS) is 14.9. The standard InChI is InChI=1S/C51H37F3/c1-49(2)43-18-10-8-15-39(43)48-40(16-11-19-44(48)49)47-37-14-6-5-13-36(37)46(30-20-24-33(25-21-30)51(52,53)54)38-27-23-31(28-41(38)47)32-22-26-35-34-12-7-9-17-42(34)50(3,4)45(35)29-32/h5-29H,1-4H3. The summed E-state index contributed by atoms with van der Waals surface area (Å²) in [6.45, 7) is 9.21. The Bertz CT molecular complexity index is 2850. The largest absolute Gasteiger partial charge is 0.416 e. The highest BCUT2D eigenvalue weighted by molar-refractivity contribution is 6.23. The van der Waals surface area contributed by atoms with E-state index in [1.54, 1.807) is 12.1 Å². The zero-order chi connectivity index (χ0) is 37.1. The second-order valence-corrected chi connectivity index (χ2v) is 16.0. The highest BCUT2D eigenvalue weighted by atomic mass is 19.4. The van der Waals surface area contributed by atoms with Gasteiger partial charge < -0.3 is 0 Å². The number of alkyl halides is 3. The summed E-state index contributed by atoms with van der Waals surface area (Å²) in [6, 6.07) is 51.7. The zero-order valence-corrected chi connectivity index (χ0v) is 30.6. The Kier molecular flexibility index (Phi) is 6.84. The number of benzene rings is 8. The Labute approximate surface area is 313 Å². The van der Waals surface area contributed by atoms with Gasteiger partial charge >= 0.3 is 6.18 Å². The van der Waals surface area contributed by atoms with Gasteiger partial charge in [-0.05, 0) is 124 Å². The summed E-state index contributed by atoms with van der Waals surface area (Å²) in [7, 11) is 0. The van der Waals surface area contributed by atoms with Crippen molar-refractivity contribution in [2.75, 3.05) is 0 Å². The van der Waals surface area contributed by atoms with Crippen molar-refractivity contribution in [3.63, 3.8) is 0 Å². The lowest BCUT2D eigenvalue weighted by Gasteiger charge is -2.23. The minimum atomic E-state index is -4.41. The monoisotopic (exact) mass is 706 g/mol. The quantitative estimate of drug-likeness (QED) is 0.161. The molecule has 0 amide bonds. The highest BCUT2D eigenvalue weighted by Crippen LogP contribution is 2.55. The molecule has 0 unspecified atom stereocenters. The number of rotatable bonds is 3. The summed E-state index contributed by atoms with van der Waals surface area (Å²) in [4.78, 5) is 0. The van der Waals surface area contributed by atoms with Crippen LogP contribution in [0.1, 0.15) is 55.5 Å². The van der Waals surface area contributed by atoms with Gasteiger partial charge in [0.05, 0.1) is 5.56 Å². The Hall–Kier alpha value is -5.93. The third-order valence-corrected chi connectivity index (χ3v) is 12.3. The fraction of sp³-hybridized carbons (Fsp3) is 0.137. The van der Waals surface area contributed by atoms with Crippen molar-refractivity contribution >= 4 is 21.5 Å². The van der Waals surface area contributed by atoms with Crippen LogP contribution in [0, 0.1) is 0 Å². The first-order chi connectivity index (χ1) is 25.9. The summed E-state index contributed by atoms with van der Waals surface area (Å²) >= 11 is 0. The Morgan fingerprint density at radius 3 is 1.57 bits per heavy atom. The Morgan fingerprint density at radius 1 is 0.352 bits per heavy atom. The van der Waals surface area contributed by atoms with Crippen molar-refractivity contribution < 1.29 is 13.2 Å². The molecule has 0 spiro atoms. The second kappa shape index (κ2) is 11.3. The molecule has 2 aliphatic rings. The molecule has 0 bridgehead atoms. The molecule has 2 aliphatic carbocycles. The van der Waals surface area contributed by atoms with Gasteiger partial charge in [-0.3, -0.25) is 0 Å². The van der Waals surface area contributed by atoms with Gasteiger partial charge in [-0.1, -0.05) is 155 Å². The van der Waals surface area contributed by atoms with E-state index in [1.807, 2.05) is 6.07 Å². The van der Waals surface area contributed by atoms with Crippen molar-refractivity contribution in [2.45, 2.75) is 44.7 Å². The van der Waals surface area contributed by atoms with Crippen LogP contribution in [0.3, 0.4) is 0 Å². The van der Waals surface area contributed by atoms with Crippen LogP contribution in [0.25, 0.3) is 77.2 Å². The minimum absolute atomic E-state index is 0.138. The molecule has 0 heterocycles. The third-order valence-electron chi connectivity index (χ3n) is 12.3. The Balaban J connectivity index is 1.29. The number of hydrogen-bond donors (Lipinski definition) is 0.